The SMILES string of the molecule is C#CCNC(=O)Cn1nnc(-c2ccc(C)cc2)n1. The molecule has 0 aliphatic heterocycles. The van der Waals surface area contributed by atoms with Gasteiger partial charge in [-0.05, 0) is 12.1 Å². The summed E-state index contributed by atoms with van der Waals surface area (Å²) < 4.78 is 0. The monoisotopic (exact) mass is 255 g/mol. The largest absolute Gasteiger partial charge is 0.344 e. The van der Waals surface area contributed by atoms with Crippen molar-refractivity contribution in [3.8, 4) is 23.7 Å². The molecule has 1 heterocycles. The van der Waals surface area contributed by atoms with Crippen molar-refractivity contribution in [3.63, 3.8) is 0 Å². The zero-order valence-corrected chi connectivity index (χ0v) is 10.5. The van der Waals surface area contributed by atoms with Crippen LogP contribution < -0.4 is 5.32 Å². The summed E-state index contributed by atoms with van der Waals surface area (Å²) in [6, 6.07) is 7.76. The summed E-state index contributed by atoms with van der Waals surface area (Å²) in [7, 11) is 0. The minimum absolute atomic E-state index is 0.000537. The Kier molecular flexibility index (Phi) is 3.88. The van der Waals surface area contributed by atoms with Crippen molar-refractivity contribution in [1.29, 1.82) is 0 Å². The molecule has 6 heteroatoms. The summed E-state index contributed by atoms with van der Waals surface area (Å²) in [4.78, 5) is 12.7. The number of tetrazole rings is 1. The van der Waals surface area contributed by atoms with E-state index in [2.05, 4.69) is 26.6 Å². The lowest BCUT2D eigenvalue weighted by molar-refractivity contribution is -0.121. The fraction of sp³-hybridized carbons (Fsp3) is 0.231. The van der Waals surface area contributed by atoms with Gasteiger partial charge in [-0.25, -0.2) is 0 Å². The van der Waals surface area contributed by atoms with Gasteiger partial charge in [0.15, 0.2) is 0 Å². The Morgan fingerprint density at radius 2 is 2.16 bits per heavy atom. The number of benzene rings is 1. The van der Waals surface area contributed by atoms with E-state index in [1.165, 1.54) is 4.80 Å². The molecular weight excluding hydrogens is 242 g/mol. The van der Waals surface area contributed by atoms with Crippen LogP contribution in [0.15, 0.2) is 24.3 Å². The Labute approximate surface area is 110 Å². The molecule has 0 aliphatic carbocycles. The van der Waals surface area contributed by atoms with Crippen molar-refractivity contribution >= 4 is 5.91 Å². The molecule has 1 N–H and O–H groups in total. The van der Waals surface area contributed by atoms with Gasteiger partial charge in [0.05, 0.1) is 6.54 Å². The summed E-state index contributed by atoms with van der Waals surface area (Å²) in [6.45, 7) is 2.20. The Balaban J connectivity index is 2.05. The van der Waals surface area contributed by atoms with Crippen molar-refractivity contribution in [2.45, 2.75) is 13.5 Å². The van der Waals surface area contributed by atoms with E-state index in [9.17, 15) is 4.79 Å². The number of nitrogens with one attached hydrogen (secondary N) is 1. The van der Waals surface area contributed by atoms with Crippen molar-refractivity contribution in [3.05, 3.63) is 29.8 Å². The van der Waals surface area contributed by atoms with E-state index in [-0.39, 0.29) is 19.0 Å². The first-order valence-electron chi connectivity index (χ1n) is 5.74. The van der Waals surface area contributed by atoms with Crippen LogP contribution in [-0.4, -0.2) is 32.7 Å². The number of nitrogens with zero attached hydrogens (tertiary/aromatic N) is 4. The Morgan fingerprint density at radius 3 is 2.84 bits per heavy atom. The van der Waals surface area contributed by atoms with E-state index in [4.69, 9.17) is 6.42 Å². The standard InChI is InChI=1S/C13H13N5O/c1-3-8-14-12(19)9-18-16-13(15-17-18)11-6-4-10(2)5-7-11/h1,4-7H,8-9H2,2H3,(H,14,19). The van der Waals surface area contributed by atoms with Gasteiger partial charge in [0, 0.05) is 5.56 Å². The summed E-state index contributed by atoms with van der Waals surface area (Å²) in [6.07, 6.45) is 5.05. The summed E-state index contributed by atoms with van der Waals surface area (Å²) in [5.74, 6) is 2.57. The first kappa shape index (κ1) is 12.8. The summed E-state index contributed by atoms with van der Waals surface area (Å²) in [5.41, 5.74) is 2.02. The van der Waals surface area contributed by atoms with Crippen LogP contribution in [-0.2, 0) is 11.3 Å². The molecular formula is C13H13N5O. The molecule has 0 aliphatic rings. The van der Waals surface area contributed by atoms with Crippen LogP contribution in [0.1, 0.15) is 5.56 Å². The van der Waals surface area contributed by atoms with Crippen LogP contribution in [0.25, 0.3) is 11.4 Å². The third-order valence-electron chi connectivity index (χ3n) is 2.44. The van der Waals surface area contributed by atoms with Gasteiger partial charge in [0.25, 0.3) is 0 Å². The maximum Gasteiger partial charge on any atom is 0.244 e. The second kappa shape index (κ2) is 5.78. The maximum absolute atomic E-state index is 11.4. The Bertz CT molecular complexity index is 609. The number of rotatable bonds is 4. The van der Waals surface area contributed by atoms with E-state index in [1.54, 1.807) is 0 Å². The second-order valence-electron chi connectivity index (χ2n) is 3.99. The zero-order chi connectivity index (χ0) is 13.7. The number of hydrogen-bond donors (Lipinski definition) is 1. The minimum atomic E-state index is -0.245. The van der Waals surface area contributed by atoms with Gasteiger partial charge in [0.1, 0.15) is 6.54 Å². The molecule has 1 amide bonds. The number of carbonyl (C=O) groups excluding carboxylic acids is 1. The molecule has 0 saturated carbocycles. The van der Waals surface area contributed by atoms with Crippen LogP contribution in [0, 0.1) is 19.3 Å². The van der Waals surface area contributed by atoms with Crippen LogP contribution in [0.5, 0.6) is 0 Å². The molecule has 0 spiro atoms. The maximum atomic E-state index is 11.4. The first-order valence-corrected chi connectivity index (χ1v) is 5.74. The molecule has 0 atom stereocenters. The predicted octanol–water partition coefficient (Wildman–Crippen LogP) is 0.398. The zero-order valence-electron chi connectivity index (χ0n) is 10.5. The molecule has 1 aromatic carbocycles. The number of terminal acetylenes is 1. The van der Waals surface area contributed by atoms with Gasteiger partial charge in [-0.3, -0.25) is 4.79 Å². The molecule has 0 saturated heterocycles. The molecule has 2 rings (SSSR count). The smallest absolute Gasteiger partial charge is 0.244 e. The molecule has 96 valence electrons. The first-order chi connectivity index (χ1) is 9.19. The summed E-state index contributed by atoms with van der Waals surface area (Å²) in [5, 5.41) is 14.4. The normalized spacial score (nSPS) is 9.89. The van der Waals surface area contributed by atoms with Gasteiger partial charge in [-0.1, -0.05) is 35.7 Å². The van der Waals surface area contributed by atoms with Gasteiger partial charge in [0.2, 0.25) is 11.7 Å². The molecule has 0 unspecified atom stereocenters. The Morgan fingerprint density at radius 1 is 1.42 bits per heavy atom. The van der Waals surface area contributed by atoms with E-state index >= 15 is 0 Å². The average molecular weight is 255 g/mol. The lowest BCUT2D eigenvalue weighted by Gasteiger charge is -1.99. The van der Waals surface area contributed by atoms with Crippen LogP contribution in [0.3, 0.4) is 0 Å². The topological polar surface area (TPSA) is 72.7 Å². The van der Waals surface area contributed by atoms with Gasteiger partial charge < -0.3 is 5.32 Å². The number of carbonyl (C=O) groups is 1. The Hall–Kier alpha value is -2.68. The van der Waals surface area contributed by atoms with Crippen molar-refractivity contribution in [1.82, 2.24) is 25.5 Å². The highest BCUT2D eigenvalue weighted by molar-refractivity contribution is 5.75. The lowest BCUT2D eigenvalue weighted by atomic mass is 10.1. The van der Waals surface area contributed by atoms with Crippen molar-refractivity contribution in [2.24, 2.45) is 0 Å². The van der Waals surface area contributed by atoms with Crippen LogP contribution in [0.4, 0.5) is 0 Å². The highest BCUT2D eigenvalue weighted by atomic mass is 16.2. The van der Waals surface area contributed by atoms with Gasteiger partial charge in [-0.15, -0.1) is 16.6 Å². The highest BCUT2D eigenvalue weighted by Crippen LogP contribution is 2.13. The number of aryl methyl sites for hydroxylation is 1. The van der Waals surface area contributed by atoms with E-state index in [0.29, 0.717) is 5.82 Å². The lowest BCUT2D eigenvalue weighted by Crippen LogP contribution is -2.28. The van der Waals surface area contributed by atoms with Gasteiger partial charge in [-0.2, -0.15) is 4.80 Å². The van der Waals surface area contributed by atoms with Crippen LogP contribution >= 0.6 is 0 Å². The fourth-order valence-electron chi connectivity index (χ4n) is 1.46. The molecule has 0 fully saturated rings. The van der Waals surface area contributed by atoms with Crippen molar-refractivity contribution < 1.29 is 4.79 Å². The van der Waals surface area contributed by atoms with E-state index in [1.807, 2.05) is 31.2 Å². The average Bonchev–Trinajstić information content (AvgIpc) is 2.85. The molecule has 1 aromatic heterocycles. The molecule has 6 nitrogen and oxygen atoms in total. The van der Waals surface area contributed by atoms with Crippen molar-refractivity contribution in [2.75, 3.05) is 6.54 Å². The molecule has 0 radical (unpaired) electrons. The minimum Gasteiger partial charge on any atom is -0.344 e. The number of amides is 1. The highest BCUT2D eigenvalue weighted by Gasteiger charge is 2.08. The fourth-order valence-corrected chi connectivity index (χ4v) is 1.46. The third-order valence-corrected chi connectivity index (χ3v) is 2.44. The van der Waals surface area contributed by atoms with Crippen LogP contribution in [0.2, 0.25) is 0 Å². The quantitative estimate of drug-likeness (QED) is 0.802. The van der Waals surface area contributed by atoms with Gasteiger partial charge >= 0.3 is 0 Å². The molecule has 2 aromatic rings. The van der Waals surface area contributed by atoms with E-state index < -0.39 is 0 Å². The number of hydrogen-bond acceptors (Lipinski definition) is 4. The predicted molar refractivity (Wildman–Crippen MR) is 69.8 cm³/mol. The third kappa shape index (κ3) is 3.39. The second-order valence-corrected chi connectivity index (χ2v) is 3.99. The molecule has 0 bridgehead atoms. The molecule has 19 heavy (non-hydrogen) atoms. The summed E-state index contributed by atoms with van der Waals surface area (Å²) >= 11 is 0. The van der Waals surface area contributed by atoms with E-state index in [0.717, 1.165) is 11.1 Å². The number of aromatic nitrogens is 4.